The van der Waals surface area contributed by atoms with Gasteiger partial charge in [-0.25, -0.2) is 12.8 Å². The monoisotopic (exact) mass is 541 g/mol. The number of benzene rings is 2. The Labute approximate surface area is 211 Å². The number of sulfone groups is 1. The van der Waals surface area contributed by atoms with Gasteiger partial charge in [0, 0.05) is 31.5 Å². The number of rotatable bonds is 7. The molecule has 37 heavy (non-hydrogen) atoms. The van der Waals surface area contributed by atoms with Gasteiger partial charge in [0.15, 0.2) is 9.84 Å². The number of nitrogens with two attached hydrogens (primary N) is 1. The van der Waals surface area contributed by atoms with Gasteiger partial charge >= 0.3 is 6.18 Å². The Morgan fingerprint density at radius 3 is 2.35 bits per heavy atom. The molecule has 12 heteroatoms. The standard InChI is InChI=1S/C25H27F4N3O4S/c1-31-20-9-7-16(37(2,35)36)13-18(20)22(33)32-11-3-10-24(32,23(30)34)21(14-4-5-14)17-8-6-15(12-19(17)26)25(27,28)29/h6-9,12-14,21,31H,3-5,10-11H2,1-2H3,(H2,30,34)/t21-,24+/m1/s1. The van der Waals surface area contributed by atoms with Crippen molar-refractivity contribution in [2.75, 3.05) is 25.2 Å². The highest BCUT2D eigenvalue weighted by Crippen LogP contribution is 2.54. The van der Waals surface area contributed by atoms with Crippen molar-refractivity contribution in [1.82, 2.24) is 4.90 Å². The van der Waals surface area contributed by atoms with E-state index in [1.807, 2.05) is 0 Å². The van der Waals surface area contributed by atoms with Crippen molar-refractivity contribution in [3.05, 3.63) is 58.9 Å². The van der Waals surface area contributed by atoms with Gasteiger partial charge in [0.05, 0.1) is 16.0 Å². The number of halogens is 4. The number of nitrogens with zero attached hydrogens (tertiary/aromatic N) is 1. The second kappa shape index (κ2) is 9.30. The van der Waals surface area contributed by atoms with Crippen LogP contribution in [0.4, 0.5) is 23.2 Å². The predicted molar refractivity (Wildman–Crippen MR) is 128 cm³/mol. The minimum Gasteiger partial charge on any atom is -0.387 e. The molecule has 200 valence electrons. The molecule has 0 unspecified atom stereocenters. The Balaban J connectivity index is 1.86. The summed E-state index contributed by atoms with van der Waals surface area (Å²) in [5, 5.41) is 2.84. The van der Waals surface area contributed by atoms with Gasteiger partial charge in [-0.15, -0.1) is 0 Å². The number of carbonyl (C=O) groups is 2. The highest BCUT2D eigenvalue weighted by molar-refractivity contribution is 7.90. The molecule has 0 aromatic heterocycles. The second-order valence-electron chi connectivity index (χ2n) is 9.63. The minimum absolute atomic E-state index is 0.0135. The molecule has 2 atom stereocenters. The molecule has 0 bridgehead atoms. The molecule has 1 saturated carbocycles. The first-order valence-electron chi connectivity index (χ1n) is 11.7. The molecule has 7 nitrogen and oxygen atoms in total. The van der Waals surface area contributed by atoms with E-state index in [0.29, 0.717) is 31.0 Å². The van der Waals surface area contributed by atoms with Crippen molar-refractivity contribution in [3.63, 3.8) is 0 Å². The molecule has 1 heterocycles. The third-order valence-corrected chi connectivity index (χ3v) is 8.39. The number of hydrogen-bond donors (Lipinski definition) is 2. The number of likely N-dealkylation sites (tertiary alicyclic amines) is 1. The average molecular weight is 542 g/mol. The molecular formula is C25H27F4N3O4S. The van der Waals surface area contributed by atoms with Crippen LogP contribution in [-0.2, 0) is 20.8 Å². The highest BCUT2D eigenvalue weighted by Gasteiger charge is 2.59. The summed E-state index contributed by atoms with van der Waals surface area (Å²) in [6.45, 7) is 0.0828. The van der Waals surface area contributed by atoms with Crippen LogP contribution in [0.25, 0.3) is 0 Å². The summed E-state index contributed by atoms with van der Waals surface area (Å²) >= 11 is 0. The van der Waals surface area contributed by atoms with Gasteiger partial charge in [-0.2, -0.15) is 13.2 Å². The third-order valence-electron chi connectivity index (χ3n) is 7.28. The number of nitrogens with one attached hydrogen (secondary N) is 1. The first kappa shape index (κ1) is 26.9. The summed E-state index contributed by atoms with van der Waals surface area (Å²) in [6.07, 6.45) is -2.13. The van der Waals surface area contributed by atoms with Gasteiger partial charge in [0.25, 0.3) is 5.91 Å². The predicted octanol–water partition coefficient (Wildman–Crippen LogP) is 3.94. The maximum absolute atomic E-state index is 15.2. The quantitative estimate of drug-likeness (QED) is 0.516. The lowest BCUT2D eigenvalue weighted by molar-refractivity contribution is -0.138. The van der Waals surface area contributed by atoms with Crippen molar-refractivity contribution in [2.24, 2.45) is 11.7 Å². The van der Waals surface area contributed by atoms with Crippen molar-refractivity contribution < 1.29 is 35.6 Å². The summed E-state index contributed by atoms with van der Waals surface area (Å²) in [5.74, 6) is -3.92. The van der Waals surface area contributed by atoms with E-state index in [1.54, 1.807) is 7.05 Å². The third kappa shape index (κ3) is 4.78. The zero-order valence-electron chi connectivity index (χ0n) is 20.2. The van der Waals surface area contributed by atoms with Crippen LogP contribution in [0, 0.1) is 11.7 Å². The molecule has 2 aromatic carbocycles. The van der Waals surface area contributed by atoms with Crippen molar-refractivity contribution in [1.29, 1.82) is 0 Å². The van der Waals surface area contributed by atoms with Gasteiger partial charge in [-0.1, -0.05) is 6.07 Å². The molecule has 3 N–H and O–H groups in total. The number of anilines is 1. The number of alkyl halides is 3. The Bertz CT molecular complexity index is 1360. The maximum atomic E-state index is 15.2. The summed E-state index contributed by atoms with van der Waals surface area (Å²) in [5.41, 5.74) is 3.25. The van der Waals surface area contributed by atoms with E-state index >= 15 is 4.39 Å². The van der Waals surface area contributed by atoms with Crippen LogP contribution >= 0.6 is 0 Å². The molecule has 0 spiro atoms. The average Bonchev–Trinajstić information content (AvgIpc) is 3.55. The van der Waals surface area contributed by atoms with E-state index in [1.165, 1.54) is 23.1 Å². The number of carbonyl (C=O) groups excluding carboxylic acids is 2. The Morgan fingerprint density at radius 1 is 1.16 bits per heavy atom. The summed E-state index contributed by atoms with van der Waals surface area (Å²) < 4.78 is 79.1. The molecule has 2 amide bonds. The lowest BCUT2D eigenvalue weighted by Crippen LogP contribution is -2.60. The Morgan fingerprint density at radius 2 is 1.84 bits per heavy atom. The fraction of sp³-hybridized carbons (Fsp3) is 0.440. The van der Waals surface area contributed by atoms with E-state index < -0.39 is 50.7 Å². The number of primary amides is 1. The number of amides is 2. The zero-order chi connectivity index (χ0) is 27.3. The summed E-state index contributed by atoms with van der Waals surface area (Å²) in [6, 6.07) is 6.16. The fourth-order valence-corrected chi connectivity index (χ4v) is 6.08. The zero-order valence-corrected chi connectivity index (χ0v) is 21.0. The van der Waals surface area contributed by atoms with Crippen LogP contribution in [0.15, 0.2) is 41.3 Å². The molecule has 1 aliphatic carbocycles. The molecule has 1 aliphatic heterocycles. The van der Waals surface area contributed by atoms with Gasteiger partial charge in [0.2, 0.25) is 5.91 Å². The molecule has 1 saturated heterocycles. The maximum Gasteiger partial charge on any atom is 0.416 e. The summed E-state index contributed by atoms with van der Waals surface area (Å²) in [4.78, 5) is 28.2. The van der Waals surface area contributed by atoms with Crippen LogP contribution in [0.5, 0.6) is 0 Å². The fourth-order valence-electron chi connectivity index (χ4n) is 5.44. The van der Waals surface area contributed by atoms with Crippen molar-refractivity contribution in [2.45, 2.75) is 48.2 Å². The first-order chi connectivity index (χ1) is 17.2. The Hall–Kier alpha value is -3.15. The second-order valence-corrected chi connectivity index (χ2v) is 11.6. The van der Waals surface area contributed by atoms with Crippen LogP contribution < -0.4 is 11.1 Å². The smallest absolute Gasteiger partial charge is 0.387 e. The van der Waals surface area contributed by atoms with E-state index in [4.69, 9.17) is 5.73 Å². The largest absolute Gasteiger partial charge is 0.416 e. The van der Waals surface area contributed by atoms with Crippen LogP contribution in [-0.4, -0.2) is 50.5 Å². The van der Waals surface area contributed by atoms with Gasteiger partial charge in [-0.3, -0.25) is 9.59 Å². The van der Waals surface area contributed by atoms with E-state index in [9.17, 15) is 31.2 Å². The SMILES string of the molecule is CNc1ccc(S(C)(=O)=O)cc1C(=O)N1CCC[C@@]1(C(N)=O)[C@@H](c1ccc(C(F)(F)F)cc1F)C1CC1. The van der Waals surface area contributed by atoms with Gasteiger partial charge < -0.3 is 16.0 Å². The Kier molecular flexibility index (Phi) is 6.76. The molecule has 0 radical (unpaired) electrons. The van der Waals surface area contributed by atoms with Crippen LogP contribution in [0.3, 0.4) is 0 Å². The topological polar surface area (TPSA) is 110 Å². The van der Waals surface area contributed by atoms with Crippen molar-refractivity contribution in [3.8, 4) is 0 Å². The summed E-state index contributed by atoms with van der Waals surface area (Å²) in [7, 11) is -2.12. The molecule has 2 aliphatic rings. The lowest BCUT2D eigenvalue weighted by Gasteiger charge is -2.43. The van der Waals surface area contributed by atoms with Crippen LogP contribution in [0.2, 0.25) is 0 Å². The molecule has 2 aromatic rings. The normalized spacial score (nSPS) is 21.1. The first-order valence-corrected chi connectivity index (χ1v) is 13.6. The van der Waals surface area contributed by atoms with Crippen molar-refractivity contribution >= 4 is 27.3 Å². The van der Waals surface area contributed by atoms with Gasteiger partial charge in [-0.05, 0) is 67.5 Å². The molecule has 2 fully saturated rings. The van der Waals surface area contributed by atoms with E-state index in [-0.39, 0.29) is 34.9 Å². The number of hydrogen-bond acceptors (Lipinski definition) is 5. The highest BCUT2D eigenvalue weighted by atomic mass is 32.2. The molecular weight excluding hydrogens is 514 g/mol. The molecule has 4 rings (SSSR count). The van der Waals surface area contributed by atoms with Crippen LogP contribution in [0.1, 0.15) is 53.1 Å². The minimum atomic E-state index is -4.75. The lowest BCUT2D eigenvalue weighted by atomic mass is 9.73. The van der Waals surface area contributed by atoms with E-state index in [0.717, 1.165) is 18.4 Å². The van der Waals surface area contributed by atoms with E-state index in [2.05, 4.69) is 5.32 Å². The van der Waals surface area contributed by atoms with Gasteiger partial charge in [0.1, 0.15) is 11.4 Å².